The van der Waals surface area contributed by atoms with E-state index in [2.05, 4.69) is 22.9 Å². The Kier molecular flexibility index (Phi) is 7.31. The lowest BCUT2D eigenvalue weighted by molar-refractivity contribution is -0.134. The Labute approximate surface area is 157 Å². The van der Waals surface area contributed by atoms with Crippen LogP contribution in [0.25, 0.3) is 0 Å². The van der Waals surface area contributed by atoms with Crippen molar-refractivity contribution in [1.82, 2.24) is 0 Å². The van der Waals surface area contributed by atoms with Crippen LogP contribution in [0.4, 0.5) is 0 Å². The van der Waals surface area contributed by atoms with Crippen LogP contribution in [-0.4, -0.2) is 20.2 Å². The van der Waals surface area contributed by atoms with Crippen LogP contribution in [0.15, 0.2) is 40.9 Å². The van der Waals surface area contributed by atoms with Gasteiger partial charge in [0, 0.05) is 4.47 Å². The fourth-order valence-electron chi connectivity index (χ4n) is 2.52. The summed E-state index contributed by atoms with van der Waals surface area (Å²) in [4.78, 5) is 12.1. The first-order valence-corrected chi connectivity index (χ1v) is 9.06. The summed E-state index contributed by atoms with van der Waals surface area (Å²) in [7, 11) is 3.18. The van der Waals surface area contributed by atoms with Gasteiger partial charge in [0.05, 0.1) is 20.6 Å². The molecule has 5 heteroatoms. The lowest BCUT2D eigenvalue weighted by Crippen LogP contribution is -2.09. The predicted molar refractivity (Wildman–Crippen MR) is 102 cm³/mol. The molecule has 0 atom stereocenters. The van der Waals surface area contributed by atoms with Crippen LogP contribution in [-0.2, 0) is 17.6 Å². The largest absolute Gasteiger partial charge is 0.493 e. The van der Waals surface area contributed by atoms with Crippen LogP contribution < -0.4 is 14.2 Å². The molecular formula is C20H23BrO4. The Bertz CT molecular complexity index is 710. The van der Waals surface area contributed by atoms with Crippen molar-refractivity contribution in [2.24, 2.45) is 0 Å². The lowest BCUT2D eigenvalue weighted by atomic mass is 10.1. The molecule has 0 saturated heterocycles. The number of methoxy groups -OCH3 is 2. The minimum Gasteiger partial charge on any atom is -0.493 e. The molecule has 0 unspecified atom stereocenters. The van der Waals surface area contributed by atoms with Gasteiger partial charge in [-0.3, -0.25) is 4.79 Å². The fourth-order valence-corrected chi connectivity index (χ4v) is 3.04. The van der Waals surface area contributed by atoms with Gasteiger partial charge in [-0.15, -0.1) is 0 Å². The number of ether oxygens (including phenoxy) is 3. The molecule has 0 spiro atoms. The highest BCUT2D eigenvalue weighted by Gasteiger charge is 2.12. The summed E-state index contributed by atoms with van der Waals surface area (Å²) in [6, 6.07) is 11.4. The molecule has 0 N–H and O–H groups in total. The topological polar surface area (TPSA) is 44.8 Å². The SMILES string of the molecule is CCCc1ccc(OC(=O)CCc2cc(OC)c(OC)cc2Br)cc1. The van der Waals surface area contributed by atoms with Gasteiger partial charge < -0.3 is 14.2 Å². The van der Waals surface area contributed by atoms with E-state index in [-0.39, 0.29) is 12.4 Å². The fraction of sp³-hybridized carbons (Fsp3) is 0.350. The van der Waals surface area contributed by atoms with E-state index in [1.165, 1.54) is 5.56 Å². The molecule has 0 bridgehead atoms. The first-order valence-electron chi connectivity index (χ1n) is 8.27. The van der Waals surface area contributed by atoms with Gasteiger partial charge in [0.15, 0.2) is 11.5 Å². The van der Waals surface area contributed by atoms with Crippen molar-refractivity contribution in [2.75, 3.05) is 14.2 Å². The molecule has 2 aromatic carbocycles. The summed E-state index contributed by atoms with van der Waals surface area (Å²) >= 11 is 3.50. The number of aryl methyl sites for hydroxylation is 2. The number of hydrogen-bond donors (Lipinski definition) is 0. The third-order valence-corrected chi connectivity index (χ3v) is 4.58. The van der Waals surface area contributed by atoms with E-state index in [4.69, 9.17) is 14.2 Å². The van der Waals surface area contributed by atoms with E-state index < -0.39 is 0 Å². The quantitative estimate of drug-likeness (QED) is 0.459. The van der Waals surface area contributed by atoms with E-state index in [1.54, 1.807) is 14.2 Å². The van der Waals surface area contributed by atoms with E-state index in [0.29, 0.717) is 23.7 Å². The smallest absolute Gasteiger partial charge is 0.311 e. The van der Waals surface area contributed by atoms with Gasteiger partial charge >= 0.3 is 5.97 Å². The third kappa shape index (κ3) is 5.49. The van der Waals surface area contributed by atoms with Crippen molar-refractivity contribution in [3.05, 3.63) is 52.0 Å². The molecule has 134 valence electrons. The van der Waals surface area contributed by atoms with Crippen molar-refractivity contribution in [1.29, 1.82) is 0 Å². The number of esters is 1. The molecule has 0 aromatic heterocycles. The third-order valence-electron chi connectivity index (χ3n) is 3.84. The second-order valence-electron chi connectivity index (χ2n) is 5.67. The number of benzene rings is 2. The maximum absolute atomic E-state index is 12.1. The average molecular weight is 407 g/mol. The standard InChI is InChI=1S/C20H23BrO4/c1-4-5-14-6-9-16(10-7-14)25-20(22)11-8-15-12-18(23-2)19(24-3)13-17(15)21/h6-7,9-10,12-13H,4-5,8,11H2,1-3H3. The predicted octanol–water partition coefficient (Wildman–Crippen LogP) is 4.96. The normalized spacial score (nSPS) is 10.4. The Morgan fingerprint density at radius 1 is 1.00 bits per heavy atom. The Balaban J connectivity index is 1.95. The summed E-state index contributed by atoms with van der Waals surface area (Å²) in [5.41, 5.74) is 2.21. The molecule has 4 nitrogen and oxygen atoms in total. The van der Waals surface area contributed by atoms with E-state index >= 15 is 0 Å². The van der Waals surface area contributed by atoms with E-state index in [1.807, 2.05) is 36.4 Å². The van der Waals surface area contributed by atoms with Crippen LogP contribution in [0.5, 0.6) is 17.2 Å². The van der Waals surface area contributed by atoms with Crippen LogP contribution in [0.1, 0.15) is 30.9 Å². The molecule has 0 saturated carbocycles. The Morgan fingerprint density at radius 2 is 1.64 bits per heavy atom. The van der Waals surface area contributed by atoms with E-state index in [0.717, 1.165) is 22.9 Å². The molecule has 0 aliphatic rings. The van der Waals surface area contributed by atoms with Gasteiger partial charge in [-0.05, 0) is 48.2 Å². The number of rotatable bonds is 8. The number of halogens is 1. The monoisotopic (exact) mass is 406 g/mol. The zero-order valence-corrected chi connectivity index (χ0v) is 16.4. The van der Waals surface area contributed by atoms with Gasteiger partial charge in [-0.2, -0.15) is 0 Å². The maximum atomic E-state index is 12.1. The minimum atomic E-state index is -0.259. The highest BCUT2D eigenvalue weighted by atomic mass is 79.9. The van der Waals surface area contributed by atoms with Crippen LogP contribution >= 0.6 is 15.9 Å². The molecule has 0 aliphatic heterocycles. The van der Waals surface area contributed by atoms with Gasteiger partial charge in [-0.25, -0.2) is 0 Å². The summed E-state index contributed by atoms with van der Waals surface area (Å²) in [6.45, 7) is 2.14. The van der Waals surface area contributed by atoms with Crippen LogP contribution in [0.2, 0.25) is 0 Å². The summed E-state index contributed by atoms with van der Waals surface area (Å²) in [5.74, 6) is 1.61. The van der Waals surface area contributed by atoms with Crippen molar-refractivity contribution < 1.29 is 19.0 Å². The van der Waals surface area contributed by atoms with Gasteiger partial charge in [0.2, 0.25) is 0 Å². The molecule has 25 heavy (non-hydrogen) atoms. The maximum Gasteiger partial charge on any atom is 0.311 e. The summed E-state index contributed by atoms with van der Waals surface area (Å²) in [5, 5.41) is 0. The van der Waals surface area contributed by atoms with Gasteiger partial charge in [0.25, 0.3) is 0 Å². The Morgan fingerprint density at radius 3 is 2.24 bits per heavy atom. The second-order valence-corrected chi connectivity index (χ2v) is 6.52. The molecule has 0 amide bonds. The van der Waals surface area contributed by atoms with Gasteiger partial charge in [0.1, 0.15) is 5.75 Å². The average Bonchev–Trinajstić information content (AvgIpc) is 2.62. The van der Waals surface area contributed by atoms with Crippen LogP contribution in [0, 0.1) is 0 Å². The first kappa shape index (κ1) is 19.3. The molecule has 0 fully saturated rings. The Hall–Kier alpha value is -2.01. The molecule has 0 aliphatic carbocycles. The molecule has 0 radical (unpaired) electrons. The highest BCUT2D eigenvalue weighted by molar-refractivity contribution is 9.10. The molecule has 2 rings (SSSR count). The first-order chi connectivity index (χ1) is 12.1. The highest BCUT2D eigenvalue weighted by Crippen LogP contribution is 2.33. The van der Waals surface area contributed by atoms with E-state index in [9.17, 15) is 4.79 Å². The van der Waals surface area contributed by atoms with Crippen LogP contribution in [0.3, 0.4) is 0 Å². The number of carbonyl (C=O) groups excluding carboxylic acids is 1. The minimum absolute atomic E-state index is 0.259. The zero-order valence-electron chi connectivity index (χ0n) is 14.8. The van der Waals surface area contributed by atoms with Crippen molar-refractivity contribution >= 4 is 21.9 Å². The second kappa shape index (κ2) is 9.47. The molecular weight excluding hydrogens is 384 g/mol. The zero-order chi connectivity index (χ0) is 18.2. The number of carbonyl (C=O) groups is 1. The van der Waals surface area contributed by atoms with Crippen molar-refractivity contribution in [3.63, 3.8) is 0 Å². The van der Waals surface area contributed by atoms with Gasteiger partial charge in [-0.1, -0.05) is 41.4 Å². The van der Waals surface area contributed by atoms with Crippen molar-refractivity contribution in [2.45, 2.75) is 32.6 Å². The molecule has 2 aromatic rings. The summed E-state index contributed by atoms with van der Waals surface area (Å²) < 4.78 is 16.8. The lowest BCUT2D eigenvalue weighted by Gasteiger charge is -2.12. The molecule has 0 heterocycles. The summed E-state index contributed by atoms with van der Waals surface area (Å²) in [6.07, 6.45) is 2.96. The number of hydrogen-bond acceptors (Lipinski definition) is 4. The van der Waals surface area contributed by atoms with Crippen molar-refractivity contribution in [3.8, 4) is 17.2 Å².